The first kappa shape index (κ1) is 25.0. The zero-order valence-electron chi connectivity index (χ0n) is 20.5. The molecule has 1 fully saturated rings. The second-order valence-electron chi connectivity index (χ2n) is 8.89. The summed E-state index contributed by atoms with van der Waals surface area (Å²) in [5, 5.41) is 3.18. The lowest BCUT2D eigenvalue weighted by molar-refractivity contribution is -0.123. The maximum atomic E-state index is 13.9. The van der Waals surface area contributed by atoms with E-state index < -0.39 is 11.9 Å². The smallest absolute Gasteiger partial charge is 0.279 e. The number of nitrogens with one attached hydrogen (secondary N) is 1. The third-order valence-electron chi connectivity index (χ3n) is 6.44. The molecule has 0 bridgehead atoms. The highest BCUT2D eigenvalue weighted by atomic mass is 16.5. The fraction of sp³-hybridized carbons (Fsp3) is 0.321. The number of aromatic nitrogens is 2. The van der Waals surface area contributed by atoms with E-state index in [2.05, 4.69) is 15.3 Å². The molecule has 1 aromatic heterocycles. The molecule has 0 aliphatic heterocycles. The Morgan fingerprint density at radius 3 is 2.25 bits per heavy atom. The summed E-state index contributed by atoms with van der Waals surface area (Å²) in [5.74, 6) is -0.198. The van der Waals surface area contributed by atoms with Crippen molar-refractivity contribution in [1.29, 1.82) is 0 Å². The second-order valence-corrected chi connectivity index (χ2v) is 8.89. The molecule has 8 heteroatoms. The quantitative estimate of drug-likeness (QED) is 0.470. The Labute approximate surface area is 210 Å². The Morgan fingerprint density at radius 1 is 0.972 bits per heavy atom. The molecule has 1 unspecified atom stereocenters. The highest BCUT2D eigenvalue weighted by molar-refractivity contribution is 6.09. The first-order chi connectivity index (χ1) is 17.5. The van der Waals surface area contributed by atoms with E-state index in [1.807, 2.05) is 0 Å². The molecule has 1 atom stereocenters. The predicted molar refractivity (Wildman–Crippen MR) is 136 cm³/mol. The van der Waals surface area contributed by atoms with Gasteiger partial charge in [-0.15, -0.1) is 0 Å². The van der Waals surface area contributed by atoms with E-state index in [0.717, 1.165) is 32.1 Å². The molecule has 1 heterocycles. The topological polar surface area (TPSA) is 101 Å². The van der Waals surface area contributed by atoms with Crippen LogP contribution in [-0.2, 0) is 4.79 Å². The second kappa shape index (κ2) is 11.6. The maximum absolute atomic E-state index is 13.9. The first-order valence-corrected chi connectivity index (χ1v) is 12.1. The van der Waals surface area contributed by atoms with Crippen LogP contribution >= 0.6 is 0 Å². The molecule has 1 aliphatic rings. The number of methoxy groups -OCH3 is 1. The van der Waals surface area contributed by atoms with Crippen LogP contribution in [0.25, 0.3) is 0 Å². The van der Waals surface area contributed by atoms with Gasteiger partial charge in [-0.2, -0.15) is 0 Å². The van der Waals surface area contributed by atoms with E-state index in [-0.39, 0.29) is 23.4 Å². The van der Waals surface area contributed by atoms with Crippen LogP contribution in [0.15, 0.2) is 67.1 Å². The van der Waals surface area contributed by atoms with E-state index >= 15 is 0 Å². The zero-order valence-corrected chi connectivity index (χ0v) is 20.5. The summed E-state index contributed by atoms with van der Waals surface area (Å²) in [4.78, 5) is 49.2. The summed E-state index contributed by atoms with van der Waals surface area (Å²) in [7, 11) is 1.57. The minimum atomic E-state index is -0.976. The molecule has 2 aromatic carbocycles. The van der Waals surface area contributed by atoms with Crippen molar-refractivity contribution in [1.82, 2.24) is 15.3 Å². The van der Waals surface area contributed by atoms with Gasteiger partial charge < -0.3 is 10.1 Å². The number of hydrogen-bond acceptors (Lipinski definition) is 6. The van der Waals surface area contributed by atoms with Crippen LogP contribution in [0.3, 0.4) is 0 Å². The van der Waals surface area contributed by atoms with Crippen molar-refractivity contribution < 1.29 is 19.1 Å². The van der Waals surface area contributed by atoms with Crippen LogP contribution < -0.4 is 15.0 Å². The van der Waals surface area contributed by atoms with Crippen molar-refractivity contribution in [2.45, 2.75) is 51.1 Å². The fourth-order valence-corrected chi connectivity index (χ4v) is 4.50. The largest absolute Gasteiger partial charge is 0.497 e. The first-order valence-electron chi connectivity index (χ1n) is 12.1. The Hall–Kier alpha value is -4.07. The Kier molecular flexibility index (Phi) is 8.05. The molecule has 1 aliphatic carbocycles. The van der Waals surface area contributed by atoms with Crippen molar-refractivity contribution in [2.24, 2.45) is 0 Å². The molecule has 1 saturated carbocycles. The van der Waals surface area contributed by atoms with Crippen LogP contribution in [-0.4, -0.2) is 40.7 Å². The predicted octanol–water partition coefficient (Wildman–Crippen LogP) is 4.52. The van der Waals surface area contributed by atoms with Crippen molar-refractivity contribution in [2.75, 3.05) is 12.0 Å². The van der Waals surface area contributed by atoms with Gasteiger partial charge in [0.2, 0.25) is 5.91 Å². The molecule has 3 aromatic rings. The molecule has 0 radical (unpaired) electrons. The molecular weight excluding hydrogens is 456 g/mol. The van der Waals surface area contributed by atoms with Gasteiger partial charge in [0, 0.05) is 29.7 Å². The van der Waals surface area contributed by atoms with Crippen molar-refractivity contribution in [3.8, 4) is 5.75 Å². The van der Waals surface area contributed by atoms with Gasteiger partial charge in [-0.25, -0.2) is 4.98 Å². The van der Waals surface area contributed by atoms with Gasteiger partial charge in [0.15, 0.2) is 5.78 Å². The Morgan fingerprint density at radius 2 is 1.67 bits per heavy atom. The number of rotatable bonds is 8. The minimum Gasteiger partial charge on any atom is -0.497 e. The highest BCUT2D eigenvalue weighted by Crippen LogP contribution is 2.31. The van der Waals surface area contributed by atoms with Crippen LogP contribution in [0.2, 0.25) is 0 Å². The number of Topliss-reactive ketones (excluding diaryl/α,β-unsaturated/α-hetero) is 1. The van der Waals surface area contributed by atoms with Crippen molar-refractivity contribution in [3.63, 3.8) is 0 Å². The summed E-state index contributed by atoms with van der Waals surface area (Å²) in [5.41, 5.74) is 1.71. The van der Waals surface area contributed by atoms with E-state index in [4.69, 9.17) is 4.74 Å². The summed E-state index contributed by atoms with van der Waals surface area (Å²) in [6.07, 6.45) is 9.41. The van der Waals surface area contributed by atoms with Crippen molar-refractivity contribution in [3.05, 3.63) is 83.9 Å². The van der Waals surface area contributed by atoms with E-state index in [1.54, 1.807) is 55.6 Å². The lowest BCUT2D eigenvalue weighted by Gasteiger charge is -2.33. The monoisotopic (exact) mass is 486 g/mol. The average Bonchev–Trinajstić information content (AvgIpc) is 2.92. The molecule has 2 amide bonds. The van der Waals surface area contributed by atoms with Crippen LogP contribution in [0.5, 0.6) is 5.75 Å². The van der Waals surface area contributed by atoms with E-state index in [1.165, 1.54) is 30.4 Å². The molecule has 4 rings (SSSR count). The summed E-state index contributed by atoms with van der Waals surface area (Å²) in [6.45, 7) is 1.48. The van der Waals surface area contributed by atoms with Gasteiger partial charge in [-0.3, -0.25) is 24.3 Å². The number of carbonyl (C=O) groups is 3. The SMILES string of the molecule is COc1ccc(C(C(=O)NC2CCCCC2)N(C(=O)c2cnccn2)c2ccc(C(C)=O)cc2)cc1. The van der Waals surface area contributed by atoms with Crippen LogP contribution in [0.4, 0.5) is 5.69 Å². The van der Waals surface area contributed by atoms with Gasteiger partial charge in [0.1, 0.15) is 17.5 Å². The lowest BCUT2D eigenvalue weighted by Crippen LogP contribution is -2.47. The van der Waals surface area contributed by atoms with Crippen molar-refractivity contribution >= 4 is 23.3 Å². The zero-order chi connectivity index (χ0) is 25.5. The van der Waals surface area contributed by atoms with Gasteiger partial charge in [0.25, 0.3) is 5.91 Å². The Bertz CT molecular complexity index is 1190. The number of ether oxygens (including phenoxy) is 1. The fourth-order valence-electron chi connectivity index (χ4n) is 4.50. The van der Waals surface area contributed by atoms with Crippen LogP contribution in [0.1, 0.15) is 71.5 Å². The number of hydrogen-bond donors (Lipinski definition) is 1. The Balaban J connectivity index is 1.80. The lowest BCUT2D eigenvalue weighted by atomic mass is 9.94. The normalized spacial score (nSPS) is 14.5. The summed E-state index contributed by atoms with van der Waals surface area (Å²) >= 11 is 0. The number of benzene rings is 2. The molecule has 186 valence electrons. The molecule has 0 saturated heterocycles. The van der Waals surface area contributed by atoms with E-state index in [0.29, 0.717) is 22.6 Å². The average molecular weight is 487 g/mol. The number of nitrogens with zero attached hydrogens (tertiary/aromatic N) is 3. The summed E-state index contributed by atoms with van der Waals surface area (Å²) < 4.78 is 5.30. The van der Waals surface area contributed by atoms with Gasteiger partial charge in [-0.1, -0.05) is 31.4 Å². The third-order valence-corrected chi connectivity index (χ3v) is 6.44. The standard InChI is InChI=1S/C28H30N4O4/c1-19(33)20-8-12-23(13-9-20)32(28(35)25-18-29-16-17-30-25)26(21-10-14-24(36-2)15-11-21)27(34)31-22-6-4-3-5-7-22/h8-18,22,26H,3-7H2,1-2H3,(H,31,34). The molecule has 8 nitrogen and oxygen atoms in total. The number of amides is 2. The molecule has 0 spiro atoms. The summed E-state index contributed by atoms with van der Waals surface area (Å²) in [6, 6.07) is 12.8. The van der Waals surface area contributed by atoms with Gasteiger partial charge in [0.05, 0.1) is 13.3 Å². The maximum Gasteiger partial charge on any atom is 0.279 e. The van der Waals surface area contributed by atoms with Crippen LogP contribution in [0, 0.1) is 0 Å². The van der Waals surface area contributed by atoms with Gasteiger partial charge >= 0.3 is 0 Å². The number of ketones is 1. The van der Waals surface area contributed by atoms with Gasteiger partial charge in [-0.05, 0) is 61.7 Å². The molecular formula is C28H30N4O4. The molecule has 36 heavy (non-hydrogen) atoms. The minimum absolute atomic E-state index is 0.0561. The number of anilines is 1. The third kappa shape index (κ3) is 5.76. The molecule has 1 N–H and O–H groups in total. The number of carbonyl (C=O) groups excluding carboxylic acids is 3. The van der Waals surface area contributed by atoms with E-state index in [9.17, 15) is 14.4 Å². The highest BCUT2D eigenvalue weighted by Gasteiger charge is 2.35.